The van der Waals surface area contributed by atoms with Crippen molar-refractivity contribution in [3.8, 4) is 11.5 Å². The second-order valence-electron chi connectivity index (χ2n) is 12.0. The van der Waals surface area contributed by atoms with Crippen LogP contribution in [-0.2, 0) is 16.2 Å². The summed E-state index contributed by atoms with van der Waals surface area (Å²) in [4.78, 5) is 45.8. The second-order valence-corrected chi connectivity index (χ2v) is 14.2. The number of hydrogen-bond acceptors (Lipinski definition) is 7. The van der Waals surface area contributed by atoms with Gasteiger partial charge in [0.2, 0.25) is 11.8 Å². The van der Waals surface area contributed by atoms with E-state index in [4.69, 9.17) is 9.47 Å². The van der Waals surface area contributed by atoms with Crippen molar-refractivity contribution >= 4 is 40.6 Å². The van der Waals surface area contributed by atoms with Gasteiger partial charge in [0, 0.05) is 16.0 Å². The molecule has 2 amide bonds. The Labute approximate surface area is 257 Å². The van der Waals surface area contributed by atoms with Crippen molar-refractivity contribution < 1.29 is 19.1 Å². The molecule has 3 aromatic carbocycles. The van der Waals surface area contributed by atoms with E-state index in [2.05, 4.69) is 48.3 Å². The zero-order valence-corrected chi connectivity index (χ0v) is 25.3. The Bertz CT molecular complexity index is 1780. The number of nitrogens with zero attached hydrogens (tertiary/aromatic N) is 1. The van der Waals surface area contributed by atoms with Crippen molar-refractivity contribution in [3.05, 3.63) is 104 Å². The fourth-order valence-electron chi connectivity index (χ4n) is 8.00. The highest BCUT2D eigenvalue weighted by atomic mass is 32.2. The van der Waals surface area contributed by atoms with E-state index in [1.54, 1.807) is 43.1 Å². The van der Waals surface area contributed by atoms with Gasteiger partial charge in [-0.1, -0.05) is 53.3 Å². The van der Waals surface area contributed by atoms with E-state index >= 15 is 0 Å². The maximum Gasteiger partial charge on any atom is 0.305 e. The Balaban J connectivity index is 1.10. The summed E-state index contributed by atoms with van der Waals surface area (Å²) in [6, 6.07) is 23.7. The lowest BCUT2D eigenvalue weighted by Crippen LogP contribution is -2.42. The monoisotopic (exact) mass is 610 g/mol. The van der Waals surface area contributed by atoms with Crippen LogP contribution in [0.15, 0.2) is 82.6 Å². The lowest BCUT2D eigenvalue weighted by molar-refractivity contribution is -0.123. The molecule has 3 fully saturated rings. The van der Waals surface area contributed by atoms with Gasteiger partial charge in [-0.25, -0.2) is 0 Å². The van der Waals surface area contributed by atoms with E-state index in [1.165, 1.54) is 21.8 Å². The number of nitrogens with one attached hydrogen (secondary N) is 1. The molecule has 2 saturated carbocycles. The molecule has 1 N–H and O–H groups in total. The molecule has 218 valence electrons. The van der Waals surface area contributed by atoms with Gasteiger partial charge in [0.05, 0.1) is 29.7 Å². The lowest BCUT2D eigenvalue weighted by atomic mass is 9.68. The molecule has 2 bridgehead atoms. The quantitative estimate of drug-likeness (QED) is 0.269. The van der Waals surface area contributed by atoms with Gasteiger partial charge < -0.3 is 14.5 Å². The number of rotatable bonds is 6. The fourth-order valence-corrected chi connectivity index (χ4v) is 10.9. The highest BCUT2D eigenvalue weighted by Gasteiger charge is 2.69. The zero-order chi connectivity index (χ0) is 29.4. The van der Waals surface area contributed by atoms with E-state index in [1.807, 2.05) is 12.1 Å². The van der Waals surface area contributed by atoms with Crippen molar-refractivity contribution in [2.45, 2.75) is 36.1 Å². The minimum Gasteiger partial charge on any atom is -0.497 e. The van der Waals surface area contributed by atoms with E-state index in [9.17, 15) is 14.4 Å². The second kappa shape index (κ2) is 10.1. The van der Waals surface area contributed by atoms with Gasteiger partial charge >= 0.3 is 4.87 Å². The van der Waals surface area contributed by atoms with Crippen molar-refractivity contribution in [1.82, 2.24) is 4.98 Å². The molecule has 2 aliphatic carbocycles. The van der Waals surface area contributed by atoms with Gasteiger partial charge in [-0.2, -0.15) is 0 Å². The molecule has 3 heterocycles. The third-order valence-electron chi connectivity index (χ3n) is 9.82. The van der Waals surface area contributed by atoms with Crippen LogP contribution in [0.3, 0.4) is 0 Å². The average Bonchev–Trinajstić information content (AvgIpc) is 3.76. The Morgan fingerprint density at radius 2 is 1.53 bits per heavy atom. The maximum atomic E-state index is 14.0. The van der Waals surface area contributed by atoms with Crippen LogP contribution >= 0.6 is 23.1 Å². The summed E-state index contributed by atoms with van der Waals surface area (Å²) in [6.45, 7) is 2.56. The Hall–Kier alpha value is -3.82. The predicted molar refractivity (Wildman–Crippen MR) is 166 cm³/mol. The van der Waals surface area contributed by atoms with Crippen LogP contribution in [-0.4, -0.2) is 29.2 Å². The zero-order valence-electron chi connectivity index (χ0n) is 23.7. The number of methoxy groups -OCH3 is 1. The molecule has 2 aliphatic heterocycles. The van der Waals surface area contributed by atoms with Crippen LogP contribution in [0, 0.1) is 36.5 Å². The standard InChI is InChI=1S/C34H30N2O5S2/c1-17-3-5-18(6-4-17)16-41-22-11-7-19(8-12-22)25-26-23-15-24(29(26)42-31-30(25)43-34(39)35-31)28-27(23)32(37)36(33(28)38)20-9-13-21(40-2)14-10-20/h3-14,23-29H,15-16H2,1-2H3,(H,35,39)/t23-,24-,25?,26?,27?,28?,29?/m1/s1. The van der Waals surface area contributed by atoms with Crippen LogP contribution in [0.25, 0.3) is 0 Å². The van der Waals surface area contributed by atoms with Gasteiger partial charge in [-0.3, -0.25) is 19.3 Å². The third-order valence-corrected chi connectivity index (χ3v) is 12.4. The van der Waals surface area contributed by atoms with Crippen LogP contribution in [0.1, 0.15) is 33.9 Å². The number of carbonyl (C=O) groups excluding carboxylic acids is 2. The van der Waals surface area contributed by atoms with Gasteiger partial charge in [0.25, 0.3) is 0 Å². The number of aromatic amines is 1. The molecule has 0 radical (unpaired) electrons. The molecular weight excluding hydrogens is 581 g/mol. The summed E-state index contributed by atoms with van der Waals surface area (Å²) in [5.74, 6) is 0.906. The smallest absolute Gasteiger partial charge is 0.305 e. The number of aryl methyl sites for hydroxylation is 1. The summed E-state index contributed by atoms with van der Waals surface area (Å²) in [7, 11) is 1.59. The lowest BCUT2D eigenvalue weighted by Gasteiger charge is -2.43. The molecular formula is C34H30N2O5S2. The number of ether oxygens (including phenoxy) is 2. The summed E-state index contributed by atoms with van der Waals surface area (Å²) >= 11 is 2.98. The van der Waals surface area contributed by atoms with E-state index < -0.39 is 0 Å². The van der Waals surface area contributed by atoms with Crippen molar-refractivity contribution in [3.63, 3.8) is 0 Å². The Morgan fingerprint density at radius 1 is 0.860 bits per heavy atom. The highest BCUT2D eigenvalue weighted by Crippen LogP contribution is 2.68. The molecule has 4 aromatic rings. The number of amides is 2. The Morgan fingerprint density at radius 3 is 2.23 bits per heavy atom. The van der Waals surface area contributed by atoms with Crippen LogP contribution < -0.4 is 19.2 Å². The number of hydrogen-bond donors (Lipinski definition) is 1. The number of carbonyl (C=O) groups is 2. The highest BCUT2D eigenvalue weighted by molar-refractivity contribution is 8.00. The fraction of sp³-hybridized carbons (Fsp3) is 0.324. The minimum absolute atomic E-state index is 0.0229. The van der Waals surface area contributed by atoms with Gasteiger partial charge in [-0.15, -0.1) is 11.8 Å². The SMILES string of the molecule is COc1ccc(N2C(=O)C3C(C2=O)[C@@H]2C[C@H]3C3Sc4[nH]c(=O)sc4C(c4ccc(OCc5ccc(C)cc5)cc4)C32)cc1. The molecule has 8 rings (SSSR count). The summed E-state index contributed by atoms with van der Waals surface area (Å²) in [6.07, 6.45) is 0.860. The summed E-state index contributed by atoms with van der Waals surface area (Å²) in [5.41, 5.74) is 4.04. The number of aromatic nitrogens is 1. The normalized spacial score (nSPS) is 28.5. The van der Waals surface area contributed by atoms with Crippen LogP contribution in [0.4, 0.5) is 5.69 Å². The molecule has 5 unspecified atom stereocenters. The van der Waals surface area contributed by atoms with Crippen molar-refractivity contribution in [2.24, 2.45) is 29.6 Å². The van der Waals surface area contributed by atoms with Crippen LogP contribution in [0.5, 0.6) is 11.5 Å². The molecule has 7 nitrogen and oxygen atoms in total. The number of anilines is 1. The first kappa shape index (κ1) is 26.8. The number of thiazole rings is 1. The number of imide groups is 1. The van der Waals surface area contributed by atoms with Crippen molar-refractivity contribution in [2.75, 3.05) is 12.0 Å². The first-order valence-electron chi connectivity index (χ1n) is 14.6. The Kier molecular flexibility index (Phi) is 6.31. The third kappa shape index (κ3) is 4.19. The number of fused-ring (bicyclic) bond motifs is 9. The molecule has 1 saturated heterocycles. The van der Waals surface area contributed by atoms with Gasteiger partial charge in [0.1, 0.15) is 18.1 Å². The summed E-state index contributed by atoms with van der Waals surface area (Å²) < 4.78 is 11.4. The number of H-pyrrole nitrogens is 1. The first-order valence-corrected chi connectivity index (χ1v) is 16.3. The van der Waals surface area contributed by atoms with E-state index in [0.717, 1.165) is 33.2 Å². The predicted octanol–water partition coefficient (Wildman–Crippen LogP) is 6.01. The van der Waals surface area contributed by atoms with Crippen molar-refractivity contribution in [1.29, 1.82) is 0 Å². The number of benzene rings is 3. The average molecular weight is 611 g/mol. The molecule has 7 atom stereocenters. The van der Waals surface area contributed by atoms with Gasteiger partial charge in [-0.05, 0) is 78.6 Å². The maximum absolute atomic E-state index is 14.0. The number of thioether (sulfide) groups is 1. The topological polar surface area (TPSA) is 88.7 Å². The van der Waals surface area contributed by atoms with E-state index in [-0.39, 0.29) is 57.4 Å². The first-order chi connectivity index (χ1) is 20.9. The molecule has 43 heavy (non-hydrogen) atoms. The molecule has 1 aromatic heterocycles. The summed E-state index contributed by atoms with van der Waals surface area (Å²) in [5, 5.41) is 1.06. The molecule has 4 aliphatic rings. The largest absolute Gasteiger partial charge is 0.497 e. The molecule has 0 spiro atoms. The molecule has 9 heteroatoms. The van der Waals surface area contributed by atoms with Crippen LogP contribution in [0.2, 0.25) is 0 Å². The minimum atomic E-state index is -0.335. The van der Waals surface area contributed by atoms with Gasteiger partial charge in [0.15, 0.2) is 0 Å². The van der Waals surface area contributed by atoms with E-state index in [0.29, 0.717) is 18.0 Å².